The molecule has 2 amide bonds. The lowest BCUT2D eigenvalue weighted by atomic mass is 10.2. The number of aromatic nitrogens is 1. The van der Waals surface area contributed by atoms with Crippen LogP contribution in [-0.4, -0.2) is 17.7 Å². The maximum absolute atomic E-state index is 11.6. The van der Waals surface area contributed by atoms with E-state index in [0.717, 1.165) is 11.1 Å². The van der Waals surface area contributed by atoms with E-state index in [1.165, 1.54) is 0 Å². The summed E-state index contributed by atoms with van der Waals surface area (Å²) in [6, 6.07) is 10.9. The molecule has 0 aliphatic heterocycles. The molecule has 0 atom stereocenters. The minimum Gasteiger partial charge on any atom is -0.473 e. The molecule has 0 aliphatic carbocycles. The van der Waals surface area contributed by atoms with Gasteiger partial charge in [-0.1, -0.05) is 17.7 Å². The van der Waals surface area contributed by atoms with Crippen LogP contribution in [0.15, 0.2) is 42.6 Å². The number of benzene rings is 1. The largest absolute Gasteiger partial charge is 0.473 e. The first-order valence-electron chi connectivity index (χ1n) is 6.30. The third-order valence-corrected chi connectivity index (χ3v) is 2.65. The summed E-state index contributed by atoms with van der Waals surface area (Å²) >= 11 is 0. The standard InChI is InChI=1S/C15H17N3O2/c1-11-3-5-13(6-4-11)20-10-17-15(19)18-14-9-12(2)7-8-16-14/h3-9H,10H2,1-2H3,(H2,16,17,18,19). The molecule has 104 valence electrons. The van der Waals surface area contributed by atoms with Crippen molar-refractivity contribution in [3.63, 3.8) is 0 Å². The summed E-state index contributed by atoms with van der Waals surface area (Å²) in [7, 11) is 0. The van der Waals surface area contributed by atoms with Crippen molar-refractivity contribution in [1.29, 1.82) is 0 Å². The fourth-order valence-electron chi connectivity index (χ4n) is 1.58. The number of aryl methyl sites for hydroxylation is 2. The van der Waals surface area contributed by atoms with Gasteiger partial charge >= 0.3 is 6.03 Å². The highest BCUT2D eigenvalue weighted by atomic mass is 16.5. The highest BCUT2D eigenvalue weighted by Crippen LogP contribution is 2.10. The van der Waals surface area contributed by atoms with Gasteiger partial charge in [-0.25, -0.2) is 9.78 Å². The van der Waals surface area contributed by atoms with E-state index in [-0.39, 0.29) is 12.8 Å². The maximum Gasteiger partial charge on any atom is 0.323 e. The van der Waals surface area contributed by atoms with Crippen molar-refractivity contribution >= 4 is 11.8 Å². The van der Waals surface area contributed by atoms with Crippen LogP contribution < -0.4 is 15.4 Å². The van der Waals surface area contributed by atoms with Gasteiger partial charge in [-0.15, -0.1) is 0 Å². The van der Waals surface area contributed by atoms with E-state index in [4.69, 9.17) is 4.74 Å². The normalized spacial score (nSPS) is 9.90. The van der Waals surface area contributed by atoms with Crippen molar-refractivity contribution in [3.05, 3.63) is 53.7 Å². The van der Waals surface area contributed by atoms with Gasteiger partial charge in [0.05, 0.1) is 0 Å². The highest BCUT2D eigenvalue weighted by molar-refractivity contribution is 5.88. The number of amides is 2. The molecule has 0 aliphatic rings. The number of hydrogen-bond donors (Lipinski definition) is 2. The Morgan fingerprint density at radius 1 is 1.15 bits per heavy atom. The molecule has 5 heteroatoms. The second-order valence-electron chi connectivity index (χ2n) is 4.45. The molecule has 0 radical (unpaired) electrons. The summed E-state index contributed by atoms with van der Waals surface area (Å²) < 4.78 is 5.40. The van der Waals surface area contributed by atoms with Gasteiger partial charge in [0, 0.05) is 6.20 Å². The molecule has 0 bridgehead atoms. The lowest BCUT2D eigenvalue weighted by Gasteiger charge is -2.09. The van der Waals surface area contributed by atoms with Crippen LogP contribution in [0, 0.1) is 13.8 Å². The van der Waals surface area contributed by atoms with E-state index in [9.17, 15) is 4.79 Å². The summed E-state index contributed by atoms with van der Waals surface area (Å²) in [5, 5.41) is 5.24. The third-order valence-electron chi connectivity index (χ3n) is 2.65. The number of rotatable bonds is 4. The number of carbonyl (C=O) groups is 1. The molecule has 0 unspecified atom stereocenters. The van der Waals surface area contributed by atoms with E-state index < -0.39 is 0 Å². The zero-order valence-corrected chi connectivity index (χ0v) is 11.5. The maximum atomic E-state index is 11.6. The van der Waals surface area contributed by atoms with Crippen LogP contribution >= 0.6 is 0 Å². The van der Waals surface area contributed by atoms with Crippen LogP contribution in [0.25, 0.3) is 0 Å². The summed E-state index contributed by atoms with van der Waals surface area (Å²) in [6.45, 7) is 4.04. The lowest BCUT2D eigenvalue weighted by molar-refractivity contribution is 0.234. The number of carbonyl (C=O) groups excluding carboxylic acids is 1. The lowest BCUT2D eigenvalue weighted by Crippen LogP contribution is -2.32. The molecule has 2 rings (SSSR count). The molecule has 0 fully saturated rings. The number of nitrogens with one attached hydrogen (secondary N) is 2. The zero-order chi connectivity index (χ0) is 14.4. The van der Waals surface area contributed by atoms with Gasteiger partial charge in [-0.05, 0) is 43.7 Å². The molecule has 5 nitrogen and oxygen atoms in total. The van der Waals surface area contributed by atoms with Crippen LogP contribution in [0.1, 0.15) is 11.1 Å². The van der Waals surface area contributed by atoms with E-state index in [1.54, 1.807) is 12.3 Å². The molecular formula is C15H17N3O2. The number of anilines is 1. The number of urea groups is 1. The Bertz CT molecular complexity index is 582. The van der Waals surface area contributed by atoms with Crippen LogP contribution in [0.5, 0.6) is 5.75 Å². The molecule has 0 spiro atoms. The van der Waals surface area contributed by atoms with Crippen LogP contribution in [0.4, 0.5) is 10.6 Å². The van der Waals surface area contributed by atoms with E-state index in [0.29, 0.717) is 11.6 Å². The topological polar surface area (TPSA) is 63.2 Å². The van der Waals surface area contributed by atoms with Crippen LogP contribution in [0.3, 0.4) is 0 Å². The highest BCUT2D eigenvalue weighted by Gasteiger charge is 2.02. The summed E-state index contributed by atoms with van der Waals surface area (Å²) in [5.74, 6) is 1.22. The quantitative estimate of drug-likeness (QED) is 0.840. The summed E-state index contributed by atoms with van der Waals surface area (Å²) in [5.41, 5.74) is 2.19. The van der Waals surface area contributed by atoms with Crippen molar-refractivity contribution in [2.45, 2.75) is 13.8 Å². The second-order valence-corrected chi connectivity index (χ2v) is 4.45. The van der Waals surface area contributed by atoms with Gasteiger partial charge in [-0.3, -0.25) is 5.32 Å². The van der Waals surface area contributed by atoms with E-state index >= 15 is 0 Å². The fourth-order valence-corrected chi connectivity index (χ4v) is 1.58. The Kier molecular flexibility index (Phi) is 4.55. The van der Waals surface area contributed by atoms with Crippen LogP contribution in [0.2, 0.25) is 0 Å². The number of ether oxygens (including phenoxy) is 1. The molecule has 1 aromatic heterocycles. The molecule has 0 saturated heterocycles. The Morgan fingerprint density at radius 3 is 2.60 bits per heavy atom. The number of nitrogens with zero attached hydrogens (tertiary/aromatic N) is 1. The second kappa shape index (κ2) is 6.56. The first-order chi connectivity index (χ1) is 9.63. The van der Waals surface area contributed by atoms with Gasteiger partial charge in [0.15, 0.2) is 6.73 Å². The van der Waals surface area contributed by atoms with Gasteiger partial charge < -0.3 is 10.1 Å². The number of pyridine rings is 1. The summed E-state index contributed by atoms with van der Waals surface area (Å²) in [6.07, 6.45) is 1.65. The number of hydrogen-bond acceptors (Lipinski definition) is 3. The molecule has 2 aromatic rings. The monoisotopic (exact) mass is 271 g/mol. The van der Waals surface area contributed by atoms with Crippen molar-refractivity contribution in [2.24, 2.45) is 0 Å². The van der Waals surface area contributed by atoms with Crippen molar-refractivity contribution < 1.29 is 9.53 Å². The Labute approximate surface area is 118 Å². The molecule has 0 saturated carbocycles. The predicted molar refractivity (Wildman–Crippen MR) is 77.8 cm³/mol. The van der Waals surface area contributed by atoms with E-state index in [1.807, 2.05) is 44.2 Å². The first-order valence-corrected chi connectivity index (χ1v) is 6.30. The molecule has 1 heterocycles. The Morgan fingerprint density at radius 2 is 1.90 bits per heavy atom. The predicted octanol–water partition coefficient (Wildman–Crippen LogP) is 2.86. The zero-order valence-electron chi connectivity index (χ0n) is 11.5. The van der Waals surface area contributed by atoms with Crippen LogP contribution in [-0.2, 0) is 0 Å². The third kappa shape index (κ3) is 4.28. The van der Waals surface area contributed by atoms with Gasteiger partial charge in [0.1, 0.15) is 11.6 Å². The molecule has 1 aromatic carbocycles. The molecule has 20 heavy (non-hydrogen) atoms. The van der Waals surface area contributed by atoms with Gasteiger partial charge in [-0.2, -0.15) is 0 Å². The average Bonchev–Trinajstić information content (AvgIpc) is 2.41. The van der Waals surface area contributed by atoms with Crippen molar-refractivity contribution in [1.82, 2.24) is 10.3 Å². The van der Waals surface area contributed by atoms with Crippen molar-refractivity contribution in [3.8, 4) is 5.75 Å². The SMILES string of the molecule is Cc1ccc(OCNC(=O)Nc2cc(C)ccn2)cc1. The molecular weight excluding hydrogens is 254 g/mol. The smallest absolute Gasteiger partial charge is 0.323 e. The Hall–Kier alpha value is -2.56. The molecule has 2 N–H and O–H groups in total. The minimum atomic E-state index is -0.352. The fraction of sp³-hybridized carbons (Fsp3) is 0.200. The van der Waals surface area contributed by atoms with E-state index in [2.05, 4.69) is 15.6 Å². The van der Waals surface area contributed by atoms with Crippen molar-refractivity contribution in [2.75, 3.05) is 12.0 Å². The minimum absolute atomic E-state index is 0.0979. The average molecular weight is 271 g/mol. The summed E-state index contributed by atoms with van der Waals surface area (Å²) in [4.78, 5) is 15.7. The van der Waals surface area contributed by atoms with Gasteiger partial charge in [0.25, 0.3) is 0 Å². The van der Waals surface area contributed by atoms with Gasteiger partial charge in [0.2, 0.25) is 0 Å². The Balaban J connectivity index is 1.76. The first kappa shape index (κ1) is 13.9.